The monoisotopic (exact) mass is 132 g/mol. The molecule has 0 radical (unpaired) electrons. The van der Waals surface area contributed by atoms with Crippen molar-refractivity contribution in [3.05, 3.63) is 0 Å². The molecular formula is C7H15NO. The van der Waals surface area contributed by atoms with Crippen molar-refractivity contribution >= 4 is 0 Å². The summed E-state index contributed by atoms with van der Waals surface area (Å²) in [4.78, 5) is 0. The lowest BCUT2D eigenvalue weighted by Gasteiger charge is -2.24. The van der Waals surface area contributed by atoms with Crippen LogP contribution in [-0.4, -0.2) is 19.3 Å². The van der Waals surface area contributed by atoms with Crippen LogP contribution >= 0.6 is 0 Å². The summed E-state index contributed by atoms with van der Waals surface area (Å²) < 4.78 is 26.5. The second-order valence-corrected chi connectivity index (χ2v) is 2.48. The van der Waals surface area contributed by atoms with E-state index in [2.05, 4.69) is 0 Å². The van der Waals surface area contributed by atoms with E-state index in [0.717, 1.165) is 12.8 Å². The Labute approximate surface area is 60.6 Å². The summed E-state index contributed by atoms with van der Waals surface area (Å²) in [5.74, 6) is 0.103. The molecule has 54 valence electrons. The fourth-order valence-corrected chi connectivity index (χ4v) is 1.07. The molecule has 0 aromatic heterocycles. The van der Waals surface area contributed by atoms with Crippen LogP contribution < -0.4 is 5.73 Å². The van der Waals surface area contributed by atoms with E-state index in [1.807, 2.05) is 0 Å². The van der Waals surface area contributed by atoms with Gasteiger partial charge in [-0.3, -0.25) is 0 Å². The molecule has 1 aliphatic rings. The van der Waals surface area contributed by atoms with Gasteiger partial charge in [-0.15, -0.1) is 0 Å². The van der Waals surface area contributed by atoms with Gasteiger partial charge in [-0.25, -0.2) is 0 Å². The molecule has 0 bridgehead atoms. The second-order valence-electron chi connectivity index (χ2n) is 2.48. The Morgan fingerprint density at radius 3 is 2.89 bits per heavy atom. The average molecular weight is 132 g/mol. The topological polar surface area (TPSA) is 35.2 Å². The van der Waals surface area contributed by atoms with Gasteiger partial charge in [0.05, 0.1) is 0 Å². The molecule has 9 heavy (non-hydrogen) atoms. The third-order valence-electron chi connectivity index (χ3n) is 1.77. The maximum atomic E-state index is 7.14. The zero-order chi connectivity index (χ0) is 9.19. The molecule has 2 nitrogen and oxygen atoms in total. The minimum Gasteiger partial charge on any atom is -0.381 e. The standard InChI is InChI=1S/C7H15NO/c1-6(8)7-2-4-9-5-3-7/h6-7H,2-5,8H2,1H3/t6-/m1/s1/i1D3. The first-order chi connectivity index (χ1) is 5.52. The van der Waals surface area contributed by atoms with Gasteiger partial charge < -0.3 is 10.5 Å². The maximum Gasteiger partial charge on any atom is 0.0469 e. The lowest BCUT2D eigenvalue weighted by molar-refractivity contribution is 0.0603. The summed E-state index contributed by atoms with van der Waals surface area (Å²) in [5.41, 5.74) is 5.61. The fraction of sp³-hybridized carbons (Fsp3) is 1.00. The fourth-order valence-electron chi connectivity index (χ4n) is 1.07. The minimum absolute atomic E-state index is 0.103. The Bertz CT molecular complexity index is 142. The molecule has 1 atom stereocenters. The van der Waals surface area contributed by atoms with E-state index in [4.69, 9.17) is 14.6 Å². The highest BCUT2D eigenvalue weighted by molar-refractivity contribution is 4.70. The van der Waals surface area contributed by atoms with Gasteiger partial charge in [0.15, 0.2) is 0 Å². The molecule has 1 saturated heterocycles. The Morgan fingerprint density at radius 2 is 2.33 bits per heavy atom. The first-order valence-electron chi connectivity index (χ1n) is 4.85. The minimum atomic E-state index is -2.01. The maximum absolute atomic E-state index is 7.14. The Balaban J connectivity index is 2.45. The number of rotatable bonds is 1. The van der Waals surface area contributed by atoms with E-state index in [0.29, 0.717) is 13.2 Å². The van der Waals surface area contributed by atoms with E-state index in [9.17, 15) is 0 Å². The SMILES string of the molecule is [2H]C([2H])([2H])[C@@H](N)C1CCOCC1. The average Bonchev–Trinajstić information content (AvgIpc) is 2.03. The van der Waals surface area contributed by atoms with Crippen LogP contribution in [0.5, 0.6) is 0 Å². The van der Waals surface area contributed by atoms with Gasteiger partial charge >= 0.3 is 0 Å². The quantitative estimate of drug-likeness (QED) is 0.571. The molecule has 0 amide bonds. The molecule has 0 aliphatic carbocycles. The molecule has 0 saturated carbocycles. The Hall–Kier alpha value is -0.0800. The van der Waals surface area contributed by atoms with Gasteiger partial charge in [0.1, 0.15) is 0 Å². The third-order valence-corrected chi connectivity index (χ3v) is 1.77. The van der Waals surface area contributed by atoms with Gasteiger partial charge in [0.2, 0.25) is 0 Å². The summed E-state index contributed by atoms with van der Waals surface area (Å²) in [5, 5.41) is 0. The van der Waals surface area contributed by atoms with Gasteiger partial charge in [-0.2, -0.15) is 0 Å². The number of ether oxygens (including phenoxy) is 1. The van der Waals surface area contributed by atoms with Crippen molar-refractivity contribution in [2.24, 2.45) is 11.7 Å². The Kier molecular flexibility index (Phi) is 1.39. The highest BCUT2D eigenvalue weighted by Crippen LogP contribution is 2.16. The van der Waals surface area contributed by atoms with Crippen molar-refractivity contribution in [3.8, 4) is 0 Å². The lowest BCUT2D eigenvalue weighted by Crippen LogP contribution is -2.31. The Morgan fingerprint density at radius 1 is 1.67 bits per heavy atom. The molecule has 1 heterocycles. The van der Waals surface area contributed by atoms with E-state index in [1.54, 1.807) is 0 Å². The van der Waals surface area contributed by atoms with Crippen LogP contribution in [0.25, 0.3) is 0 Å². The van der Waals surface area contributed by atoms with E-state index < -0.39 is 12.9 Å². The van der Waals surface area contributed by atoms with Crippen molar-refractivity contribution in [2.45, 2.75) is 25.7 Å². The summed E-state index contributed by atoms with van der Waals surface area (Å²) >= 11 is 0. The molecule has 1 rings (SSSR count). The van der Waals surface area contributed by atoms with Crippen molar-refractivity contribution in [1.82, 2.24) is 0 Å². The van der Waals surface area contributed by atoms with Crippen LogP contribution in [0, 0.1) is 5.92 Å². The predicted octanol–water partition coefficient (Wildman–Crippen LogP) is 0.760. The highest BCUT2D eigenvalue weighted by Gasteiger charge is 2.16. The largest absolute Gasteiger partial charge is 0.381 e. The summed E-state index contributed by atoms with van der Waals surface area (Å²) in [6.45, 7) is -0.717. The highest BCUT2D eigenvalue weighted by atomic mass is 16.5. The molecule has 0 aromatic carbocycles. The molecule has 0 unspecified atom stereocenters. The molecule has 0 aromatic rings. The second kappa shape index (κ2) is 3.18. The van der Waals surface area contributed by atoms with Crippen LogP contribution in [0.1, 0.15) is 23.8 Å². The van der Waals surface area contributed by atoms with Crippen molar-refractivity contribution < 1.29 is 8.85 Å². The molecule has 2 heteroatoms. The van der Waals surface area contributed by atoms with Crippen LogP contribution in [-0.2, 0) is 4.74 Å². The van der Waals surface area contributed by atoms with E-state index in [1.165, 1.54) is 0 Å². The van der Waals surface area contributed by atoms with Gasteiger partial charge in [0, 0.05) is 23.4 Å². The van der Waals surface area contributed by atoms with Crippen LogP contribution in [0.4, 0.5) is 0 Å². The number of nitrogens with two attached hydrogens (primary N) is 1. The van der Waals surface area contributed by atoms with Crippen LogP contribution in [0.3, 0.4) is 0 Å². The third kappa shape index (κ3) is 1.95. The lowest BCUT2D eigenvalue weighted by atomic mass is 9.94. The first-order valence-corrected chi connectivity index (χ1v) is 3.35. The zero-order valence-electron chi connectivity index (χ0n) is 8.47. The summed E-state index contributed by atoms with van der Waals surface area (Å²) in [6.07, 6.45) is 1.55. The molecular weight excluding hydrogens is 114 g/mol. The number of hydrogen-bond acceptors (Lipinski definition) is 2. The first kappa shape index (κ1) is 3.94. The summed E-state index contributed by atoms with van der Waals surface area (Å²) in [7, 11) is 0. The number of hydrogen-bond donors (Lipinski definition) is 1. The van der Waals surface area contributed by atoms with Crippen molar-refractivity contribution in [3.63, 3.8) is 0 Å². The van der Waals surface area contributed by atoms with Crippen LogP contribution in [0.15, 0.2) is 0 Å². The smallest absolute Gasteiger partial charge is 0.0469 e. The molecule has 1 fully saturated rings. The van der Waals surface area contributed by atoms with E-state index >= 15 is 0 Å². The normalized spacial score (nSPS) is 32.3. The van der Waals surface area contributed by atoms with Gasteiger partial charge in [0.25, 0.3) is 0 Å². The van der Waals surface area contributed by atoms with Crippen molar-refractivity contribution in [1.29, 1.82) is 0 Å². The van der Waals surface area contributed by atoms with E-state index in [-0.39, 0.29) is 5.92 Å². The zero-order valence-corrected chi connectivity index (χ0v) is 5.47. The van der Waals surface area contributed by atoms with Gasteiger partial charge in [-0.1, -0.05) is 0 Å². The molecule has 2 N–H and O–H groups in total. The van der Waals surface area contributed by atoms with Crippen LogP contribution in [0.2, 0.25) is 0 Å². The predicted molar refractivity (Wildman–Crippen MR) is 37.2 cm³/mol. The van der Waals surface area contributed by atoms with Crippen molar-refractivity contribution in [2.75, 3.05) is 13.2 Å². The molecule has 0 spiro atoms. The summed E-state index contributed by atoms with van der Waals surface area (Å²) in [6, 6.07) is -0.679. The van der Waals surface area contributed by atoms with Gasteiger partial charge in [-0.05, 0) is 25.6 Å². The molecule has 1 aliphatic heterocycles.